The average Bonchev–Trinajstić information content (AvgIpc) is 2.96. The Bertz CT molecular complexity index is 699. The Morgan fingerprint density at radius 3 is 2.63 bits per heavy atom. The molecule has 7 nitrogen and oxygen atoms in total. The fraction of sp³-hybridized carbons (Fsp3) is 0.412. The van der Waals surface area contributed by atoms with E-state index < -0.39 is 17.8 Å². The van der Waals surface area contributed by atoms with Gasteiger partial charge in [0, 0.05) is 13.0 Å². The van der Waals surface area contributed by atoms with Gasteiger partial charge in [-0.05, 0) is 44.0 Å². The zero-order chi connectivity index (χ0) is 19.8. The molecular formula is C17H20FN3O4S2. The van der Waals surface area contributed by atoms with Crippen molar-refractivity contribution >= 4 is 46.0 Å². The minimum absolute atomic E-state index is 0.00291. The molecule has 2 N–H and O–H groups in total. The Morgan fingerprint density at radius 2 is 2.00 bits per heavy atom. The molecule has 1 aliphatic heterocycles. The van der Waals surface area contributed by atoms with Gasteiger partial charge in [0.2, 0.25) is 11.8 Å². The Balaban J connectivity index is 1.61. The number of ether oxygens (including phenoxy) is 1. The predicted octanol–water partition coefficient (Wildman–Crippen LogP) is 1.77. The first-order chi connectivity index (χ1) is 12.9. The second-order valence-electron chi connectivity index (χ2n) is 5.81. The smallest absolute Gasteiger partial charge is 0.279 e. The van der Waals surface area contributed by atoms with Gasteiger partial charge in [-0.25, -0.2) is 4.39 Å². The molecule has 0 bridgehead atoms. The lowest BCUT2D eigenvalue weighted by Crippen LogP contribution is -2.47. The van der Waals surface area contributed by atoms with Crippen LogP contribution >= 0.6 is 24.0 Å². The van der Waals surface area contributed by atoms with E-state index in [0.29, 0.717) is 35.2 Å². The minimum Gasteiger partial charge on any atom is -0.481 e. The van der Waals surface area contributed by atoms with E-state index in [0.717, 1.165) is 0 Å². The third kappa shape index (κ3) is 6.79. The van der Waals surface area contributed by atoms with Crippen LogP contribution in [-0.4, -0.2) is 45.3 Å². The number of nitrogens with zero attached hydrogens (tertiary/aromatic N) is 1. The normalized spacial score (nSPS) is 14.8. The van der Waals surface area contributed by atoms with Crippen LogP contribution in [0, 0.1) is 5.82 Å². The molecule has 2 rings (SSSR count). The van der Waals surface area contributed by atoms with E-state index in [9.17, 15) is 18.8 Å². The Kier molecular flexibility index (Phi) is 7.99. The highest BCUT2D eigenvalue weighted by Crippen LogP contribution is 2.19. The van der Waals surface area contributed by atoms with Gasteiger partial charge in [0.05, 0.1) is 5.75 Å². The number of carbonyl (C=O) groups excluding carboxylic acids is 3. The van der Waals surface area contributed by atoms with Gasteiger partial charge in [0.25, 0.3) is 5.91 Å². The monoisotopic (exact) mass is 413 g/mol. The zero-order valence-corrected chi connectivity index (χ0v) is 16.3. The largest absolute Gasteiger partial charge is 0.481 e. The number of thiocarbonyl (C=S) groups is 1. The summed E-state index contributed by atoms with van der Waals surface area (Å²) in [7, 11) is 0. The van der Waals surface area contributed by atoms with Gasteiger partial charge < -0.3 is 4.74 Å². The molecule has 10 heteroatoms. The maximum absolute atomic E-state index is 12.8. The molecule has 1 saturated heterocycles. The van der Waals surface area contributed by atoms with Crippen LogP contribution in [0.2, 0.25) is 0 Å². The van der Waals surface area contributed by atoms with Crippen molar-refractivity contribution in [3.05, 3.63) is 30.1 Å². The number of hydrogen-bond acceptors (Lipinski definition) is 6. The van der Waals surface area contributed by atoms with E-state index >= 15 is 0 Å². The first-order valence-electron chi connectivity index (χ1n) is 8.35. The van der Waals surface area contributed by atoms with Crippen molar-refractivity contribution in [2.45, 2.75) is 32.3 Å². The first kappa shape index (κ1) is 21.1. The van der Waals surface area contributed by atoms with E-state index in [1.54, 1.807) is 4.90 Å². The SMILES string of the molecule is C[C@@H](Oc1ccc(F)cc1)C(=O)NNC(=O)CCCCN1C(=O)CSC1=S. The molecule has 27 heavy (non-hydrogen) atoms. The quantitative estimate of drug-likeness (QED) is 0.384. The molecular weight excluding hydrogens is 393 g/mol. The van der Waals surface area contributed by atoms with Gasteiger partial charge in [0.15, 0.2) is 6.10 Å². The highest BCUT2D eigenvalue weighted by atomic mass is 32.2. The number of unbranched alkanes of at least 4 members (excludes halogenated alkanes) is 1. The summed E-state index contributed by atoms with van der Waals surface area (Å²) >= 11 is 6.42. The second-order valence-corrected chi connectivity index (χ2v) is 7.42. The summed E-state index contributed by atoms with van der Waals surface area (Å²) in [4.78, 5) is 36.8. The van der Waals surface area contributed by atoms with Crippen molar-refractivity contribution in [3.8, 4) is 5.75 Å². The van der Waals surface area contributed by atoms with Crippen molar-refractivity contribution < 1.29 is 23.5 Å². The summed E-state index contributed by atoms with van der Waals surface area (Å²) in [6.07, 6.45) is 0.531. The van der Waals surface area contributed by atoms with Crippen LogP contribution < -0.4 is 15.6 Å². The van der Waals surface area contributed by atoms with E-state index in [1.165, 1.54) is 43.0 Å². The van der Waals surface area contributed by atoms with Crippen LogP contribution in [0.4, 0.5) is 4.39 Å². The van der Waals surface area contributed by atoms with Crippen LogP contribution in [0.5, 0.6) is 5.75 Å². The van der Waals surface area contributed by atoms with Crippen molar-refractivity contribution in [3.63, 3.8) is 0 Å². The molecule has 0 saturated carbocycles. The third-order valence-electron chi connectivity index (χ3n) is 3.70. The number of hydrogen-bond donors (Lipinski definition) is 2. The fourth-order valence-corrected chi connectivity index (χ4v) is 3.34. The summed E-state index contributed by atoms with van der Waals surface area (Å²) in [5.74, 6) is -0.556. The molecule has 1 aliphatic rings. The molecule has 1 heterocycles. The van der Waals surface area contributed by atoms with E-state index in [4.69, 9.17) is 17.0 Å². The van der Waals surface area contributed by atoms with E-state index in [1.807, 2.05) is 0 Å². The summed E-state index contributed by atoms with van der Waals surface area (Å²) in [6.45, 7) is 2.01. The lowest BCUT2D eigenvalue weighted by molar-refractivity contribution is -0.132. The maximum atomic E-state index is 12.8. The Morgan fingerprint density at radius 1 is 1.30 bits per heavy atom. The topological polar surface area (TPSA) is 87.7 Å². The Labute approximate surface area is 166 Å². The lowest BCUT2D eigenvalue weighted by Gasteiger charge is -2.16. The van der Waals surface area contributed by atoms with Crippen molar-refractivity contribution in [2.24, 2.45) is 0 Å². The molecule has 0 aliphatic carbocycles. The number of nitrogens with one attached hydrogen (secondary N) is 2. The summed E-state index contributed by atoms with van der Waals surface area (Å²) in [5.41, 5.74) is 4.60. The third-order valence-corrected chi connectivity index (χ3v) is 5.13. The number of rotatable bonds is 8. The highest BCUT2D eigenvalue weighted by molar-refractivity contribution is 8.23. The standard InChI is InChI=1S/C17H20FN3O4S2/c1-11(25-13-7-5-12(18)6-8-13)16(24)20-19-14(22)4-2-3-9-21-15(23)10-27-17(21)26/h5-8,11H,2-4,9-10H2,1H3,(H,19,22)(H,20,24)/t11-/m1/s1. The lowest BCUT2D eigenvalue weighted by atomic mass is 10.2. The van der Waals surface area contributed by atoms with E-state index in [2.05, 4.69) is 10.9 Å². The van der Waals surface area contributed by atoms with Gasteiger partial charge in [-0.1, -0.05) is 24.0 Å². The number of halogens is 1. The van der Waals surface area contributed by atoms with Crippen molar-refractivity contribution in [1.29, 1.82) is 0 Å². The maximum Gasteiger partial charge on any atom is 0.279 e. The molecule has 1 fully saturated rings. The molecule has 3 amide bonds. The van der Waals surface area contributed by atoms with Crippen LogP contribution in [-0.2, 0) is 14.4 Å². The molecule has 0 spiro atoms. The first-order valence-corrected chi connectivity index (χ1v) is 9.74. The number of thioether (sulfide) groups is 1. The second kappa shape index (κ2) is 10.2. The highest BCUT2D eigenvalue weighted by Gasteiger charge is 2.25. The predicted molar refractivity (Wildman–Crippen MR) is 103 cm³/mol. The van der Waals surface area contributed by atoms with Crippen LogP contribution in [0.3, 0.4) is 0 Å². The summed E-state index contributed by atoms with van der Waals surface area (Å²) in [6, 6.07) is 5.27. The van der Waals surface area contributed by atoms with Crippen LogP contribution in [0.1, 0.15) is 26.2 Å². The summed E-state index contributed by atoms with van der Waals surface area (Å²) in [5, 5.41) is 0. The van der Waals surface area contributed by atoms with Crippen molar-refractivity contribution in [2.75, 3.05) is 12.3 Å². The zero-order valence-electron chi connectivity index (χ0n) is 14.7. The fourth-order valence-electron chi connectivity index (χ4n) is 2.22. The van der Waals surface area contributed by atoms with E-state index in [-0.39, 0.29) is 18.2 Å². The van der Waals surface area contributed by atoms with Gasteiger partial charge in [-0.15, -0.1) is 0 Å². The molecule has 0 radical (unpaired) electrons. The molecule has 0 aromatic heterocycles. The minimum atomic E-state index is -0.865. The number of hydrazine groups is 1. The number of carbonyl (C=O) groups is 3. The number of benzene rings is 1. The van der Waals surface area contributed by atoms with Crippen LogP contribution in [0.25, 0.3) is 0 Å². The van der Waals surface area contributed by atoms with Crippen LogP contribution in [0.15, 0.2) is 24.3 Å². The van der Waals surface area contributed by atoms with Crippen molar-refractivity contribution in [1.82, 2.24) is 15.8 Å². The molecule has 0 unspecified atom stereocenters. The van der Waals surface area contributed by atoms with Gasteiger partial charge in [-0.2, -0.15) is 0 Å². The molecule has 146 valence electrons. The Hall–Kier alpha value is -2.20. The average molecular weight is 413 g/mol. The number of amides is 3. The van der Waals surface area contributed by atoms with Gasteiger partial charge in [0.1, 0.15) is 15.9 Å². The van der Waals surface area contributed by atoms with Gasteiger partial charge >= 0.3 is 0 Å². The van der Waals surface area contributed by atoms with Gasteiger partial charge in [-0.3, -0.25) is 30.1 Å². The molecule has 1 atom stereocenters. The summed E-state index contributed by atoms with van der Waals surface area (Å²) < 4.78 is 18.8. The molecule has 1 aromatic rings. The molecule has 1 aromatic carbocycles.